The highest BCUT2D eigenvalue weighted by Crippen LogP contribution is 2.31. The van der Waals surface area contributed by atoms with Gasteiger partial charge in [0.1, 0.15) is 11.6 Å². The van der Waals surface area contributed by atoms with Gasteiger partial charge in [0, 0.05) is 17.1 Å². The van der Waals surface area contributed by atoms with Crippen molar-refractivity contribution in [1.82, 2.24) is 0 Å². The quantitative estimate of drug-likeness (QED) is 0.918. The van der Waals surface area contributed by atoms with E-state index in [2.05, 4.69) is 5.32 Å². The third-order valence-corrected chi connectivity index (χ3v) is 3.66. The van der Waals surface area contributed by atoms with E-state index in [1.807, 2.05) is 0 Å². The van der Waals surface area contributed by atoms with Gasteiger partial charge in [-0.1, -0.05) is 17.7 Å². The molecule has 0 radical (unpaired) electrons. The smallest absolute Gasteiger partial charge is 0.265 e. The standard InChI is InChI=1S/C16H13ClFNO2/c1-9-2-4-12(8-13(9)18)19-16(20)15-7-10-6-11(17)3-5-14(10)21-15/h2-6,8,15H,7H2,1H3,(H,19,20)/t15-/m0/s1. The van der Waals surface area contributed by atoms with Crippen molar-refractivity contribution >= 4 is 23.2 Å². The van der Waals surface area contributed by atoms with Gasteiger partial charge in [-0.25, -0.2) is 4.39 Å². The van der Waals surface area contributed by atoms with Crippen LogP contribution in [0, 0.1) is 12.7 Å². The number of fused-ring (bicyclic) bond motifs is 1. The Bertz CT molecular complexity index is 717. The summed E-state index contributed by atoms with van der Waals surface area (Å²) in [6.07, 6.45) is -0.168. The van der Waals surface area contributed by atoms with Crippen molar-refractivity contribution in [3.63, 3.8) is 0 Å². The van der Waals surface area contributed by atoms with Crippen molar-refractivity contribution in [3.8, 4) is 5.75 Å². The molecule has 0 spiro atoms. The highest BCUT2D eigenvalue weighted by atomic mass is 35.5. The fourth-order valence-electron chi connectivity index (χ4n) is 2.26. The minimum absolute atomic E-state index is 0.300. The molecule has 0 aliphatic carbocycles. The van der Waals surface area contributed by atoms with E-state index in [1.54, 1.807) is 37.3 Å². The van der Waals surface area contributed by atoms with Crippen LogP contribution in [-0.2, 0) is 11.2 Å². The summed E-state index contributed by atoms with van der Waals surface area (Å²) in [5, 5.41) is 3.27. The van der Waals surface area contributed by atoms with Crippen LogP contribution < -0.4 is 10.1 Å². The molecule has 3 rings (SSSR count). The van der Waals surface area contributed by atoms with Gasteiger partial charge in [-0.05, 0) is 48.4 Å². The second kappa shape index (κ2) is 5.37. The molecule has 1 aliphatic rings. The molecule has 2 aromatic rings. The number of hydrogen-bond acceptors (Lipinski definition) is 2. The molecule has 2 aromatic carbocycles. The van der Waals surface area contributed by atoms with E-state index in [0.29, 0.717) is 28.4 Å². The van der Waals surface area contributed by atoms with E-state index < -0.39 is 6.10 Å². The number of aryl methyl sites for hydroxylation is 1. The monoisotopic (exact) mass is 305 g/mol. The summed E-state index contributed by atoms with van der Waals surface area (Å²) in [6.45, 7) is 1.67. The number of nitrogens with one attached hydrogen (secondary N) is 1. The number of amides is 1. The number of benzene rings is 2. The Hall–Kier alpha value is -2.07. The Balaban J connectivity index is 1.71. The molecular formula is C16H13ClFNO2. The fraction of sp³-hybridized carbons (Fsp3) is 0.188. The Morgan fingerprint density at radius 1 is 1.33 bits per heavy atom. The molecule has 3 nitrogen and oxygen atoms in total. The summed E-state index contributed by atoms with van der Waals surface area (Å²) in [7, 11) is 0. The van der Waals surface area contributed by atoms with Crippen LogP contribution in [0.3, 0.4) is 0 Å². The average Bonchev–Trinajstić information content (AvgIpc) is 2.86. The Kier molecular flexibility index (Phi) is 3.55. The molecule has 0 fully saturated rings. The van der Waals surface area contributed by atoms with Crippen molar-refractivity contribution in [2.24, 2.45) is 0 Å². The van der Waals surface area contributed by atoms with Gasteiger partial charge in [-0.3, -0.25) is 4.79 Å². The zero-order valence-electron chi connectivity index (χ0n) is 11.3. The van der Waals surface area contributed by atoms with Gasteiger partial charge >= 0.3 is 0 Å². The number of carbonyl (C=O) groups excluding carboxylic acids is 1. The van der Waals surface area contributed by atoms with Crippen molar-refractivity contribution in [2.45, 2.75) is 19.4 Å². The lowest BCUT2D eigenvalue weighted by molar-refractivity contribution is -0.122. The Morgan fingerprint density at radius 3 is 2.90 bits per heavy atom. The number of rotatable bonds is 2. The van der Waals surface area contributed by atoms with Crippen molar-refractivity contribution in [1.29, 1.82) is 0 Å². The van der Waals surface area contributed by atoms with E-state index >= 15 is 0 Å². The molecular weight excluding hydrogens is 293 g/mol. The lowest BCUT2D eigenvalue weighted by Gasteiger charge is -2.11. The highest BCUT2D eigenvalue weighted by Gasteiger charge is 2.29. The predicted octanol–water partition coefficient (Wildman–Crippen LogP) is 3.73. The summed E-state index contributed by atoms with van der Waals surface area (Å²) >= 11 is 5.91. The molecule has 21 heavy (non-hydrogen) atoms. The number of hydrogen-bond donors (Lipinski definition) is 1. The maximum Gasteiger partial charge on any atom is 0.265 e. The first kappa shape index (κ1) is 13.9. The summed E-state index contributed by atoms with van der Waals surface area (Å²) in [4.78, 5) is 12.2. The molecule has 0 aromatic heterocycles. The second-order valence-corrected chi connectivity index (χ2v) is 5.45. The van der Waals surface area contributed by atoms with Crippen LogP contribution in [0.25, 0.3) is 0 Å². The normalized spacial score (nSPS) is 16.2. The average molecular weight is 306 g/mol. The van der Waals surface area contributed by atoms with Crippen LogP contribution in [-0.4, -0.2) is 12.0 Å². The third kappa shape index (κ3) is 2.85. The number of halogens is 2. The van der Waals surface area contributed by atoms with Gasteiger partial charge in [-0.2, -0.15) is 0 Å². The summed E-state index contributed by atoms with van der Waals surface area (Å²) in [6, 6.07) is 9.83. The van der Waals surface area contributed by atoms with Crippen LogP contribution in [0.15, 0.2) is 36.4 Å². The first-order valence-electron chi connectivity index (χ1n) is 6.55. The van der Waals surface area contributed by atoms with E-state index in [9.17, 15) is 9.18 Å². The predicted molar refractivity (Wildman–Crippen MR) is 79.3 cm³/mol. The Labute approximate surface area is 126 Å². The summed E-state index contributed by atoms with van der Waals surface area (Å²) < 4.78 is 19.1. The summed E-state index contributed by atoms with van der Waals surface area (Å²) in [5.41, 5.74) is 1.85. The number of anilines is 1. The van der Waals surface area contributed by atoms with Crippen molar-refractivity contribution < 1.29 is 13.9 Å². The van der Waals surface area contributed by atoms with Crippen LogP contribution in [0.5, 0.6) is 5.75 Å². The first-order valence-corrected chi connectivity index (χ1v) is 6.93. The third-order valence-electron chi connectivity index (χ3n) is 3.43. The zero-order valence-corrected chi connectivity index (χ0v) is 12.1. The molecule has 0 unspecified atom stereocenters. The minimum atomic E-state index is -0.622. The van der Waals surface area contributed by atoms with E-state index in [0.717, 1.165) is 5.56 Å². The lowest BCUT2D eigenvalue weighted by atomic mass is 10.1. The molecule has 0 bridgehead atoms. The van der Waals surface area contributed by atoms with Crippen LogP contribution in [0.1, 0.15) is 11.1 Å². The molecule has 0 saturated heterocycles. The van der Waals surface area contributed by atoms with Crippen LogP contribution >= 0.6 is 11.6 Å². The maximum absolute atomic E-state index is 13.5. The van der Waals surface area contributed by atoms with Crippen LogP contribution in [0.4, 0.5) is 10.1 Å². The fourth-order valence-corrected chi connectivity index (χ4v) is 2.45. The zero-order chi connectivity index (χ0) is 15.0. The van der Waals surface area contributed by atoms with E-state index in [4.69, 9.17) is 16.3 Å². The SMILES string of the molecule is Cc1ccc(NC(=O)[C@@H]2Cc3cc(Cl)ccc3O2)cc1F. The van der Waals surface area contributed by atoms with Crippen molar-refractivity contribution in [3.05, 3.63) is 58.4 Å². The lowest BCUT2D eigenvalue weighted by Crippen LogP contribution is -2.31. The second-order valence-electron chi connectivity index (χ2n) is 5.02. The largest absolute Gasteiger partial charge is 0.480 e. The van der Waals surface area contributed by atoms with Gasteiger partial charge in [-0.15, -0.1) is 0 Å². The molecule has 0 saturated carbocycles. The van der Waals surface area contributed by atoms with Gasteiger partial charge < -0.3 is 10.1 Å². The van der Waals surface area contributed by atoms with E-state index in [1.165, 1.54) is 6.07 Å². The highest BCUT2D eigenvalue weighted by molar-refractivity contribution is 6.30. The maximum atomic E-state index is 13.5. The minimum Gasteiger partial charge on any atom is -0.480 e. The van der Waals surface area contributed by atoms with Gasteiger partial charge in [0.25, 0.3) is 5.91 Å². The van der Waals surface area contributed by atoms with Gasteiger partial charge in [0.2, 0.25) is 0 Å². The Morgan fingerprint density at radius 2 is 2.14 bits per heavy atom. The summed E-state index contributed by atoms with van der Waals surface area (Å²) in [5.74, 6) is 0.00965. The van der Waals surface area contributed by atoms with E-state index in [-0.39, 0.29) is 11.7 Å². The number of ether oxygens (including phenoxy) is 1. The molecule has 1 heterocycles. The molecule has 1 atom stereocenters. The number of carbonyl (C=O) groups is 1. The topological polar surface area (TPSA) is 38.3 Å². The first-order chi connectivity index (χ1) is 10.0. The van der Waals surface area contributed by atoms with Crippen molar-refractivity contribution in [2.75, 3.05) is 5.32 Å². The molecule has 5 heteroatoms. The van der Waals surface area contributed by atoms with Crippen LogP contribution in [0.2, 0.25) is 5.02 Å². The van der Waals surface area contributed by atoms with Gasteiger partial charge in [0.15, 0.2) is 6.10 Å². The molecule has 1 amide bonds. The van der Waals surface area contributed by atoms with Gasteiger partial charge in [0.05, 0.1) is 0 Å². The molecule has 1 aliphatic heterocycles. The molecule has 108 valence electrons. The molecule has 1 N–H and O–H groups in total.